The zero-order valence-electron chi connectivity index (χ0n) is 14.6. The summed E-state index contributed by atoms with van der Waals surface area (Å²) in [5.74, 6) is -0.476. The number of amides is 2. The van der Waals surface area contributed by atoms with Gasteiger partial charge in [-0.25, -0.2) is 4.79 Å². The van der Waals surface area contributed by atoms with Gasteiger partial charge >= 0.3 is 5.97 Å². The van der Waals surface area contributed by atoms with Crippen LogP contribution in [0.25, 0.3) is 0 Å². The van der Waals surface area contributed by atoms with E-state index in [0.29, 0.717) is 17.8 Å². The predicted molar refractivity (Wildman–Crippen MR) is 95.9 cm³/mol. The lowest BCUT2D eigenvalue weighted by atomic mass is 10.2. The van der Waals surface area contributed by atoms with Gasteiger partial charge in [-0.15, -0.1) is 0 Å². The quantitative estimate of drug-likeness (QED) is 0.741. The van der Waals surface area contributed by atoms with Crippen molar-refractivity contribution >= 4 is 23.5 Å². The molecule has 0 spiro atoms. The minimum Gasteiger partial charge on any atom is -0.497 e. The maximum absolute atomic E-state index is 11.9. The van der Waals surface area contributed by atoms with Gasteiger partial charge in [0.2, 0.25) is 5.91 Å². The lowest BCUT2D eigenvalue weighted by Crippen LogP contribution is -2.28. The largest absolute Gasteiger partial charge is 0.497 e. The van der Waals surface area contributed by atoms with E-state index in [0.717, 1.165) is 11.3 Å². The Labute approximate surface area is 151 Å². The van der Waals surface area contributed by atoms with E-state index in [1.165, 1.54) is 19.1 Å². The van der Waals surface area contributed by atoms with Crippen molar-refractivity contribution in [2.45, 2.75) is 13.5 Å². The van der Waals surface area contributed by atoms with Crippen LogP contribution < -0.4 is 15.4 Å². The van der Waals surface area contributed by atoms with Gasteiger partial charge in [0.15, 0.2) is 6.61 Å². The second-order valence-electron chi connectivity index (χ2n) is 5.46. The second-order valence-corrected chi connectivity index (χ2v) is 5.46. The molecule has 0 aliphatic rings. The number of anilines is 1. The van der Waals surface area contributed by atoms with Crippen LogP contribution >= 0.6 is 0 Å². The second kappa shape index (κ2) is 9.22. The minimum absolute atomic E-state index is 0.200. The summed E-state index contributed by atoms with van der Waals surface area (Å²) in [5.41, 5.74) is 1.77. The molecular weight excluding hydrogens is 336 g/mol. The Hall–Kier alpha value is -3.35. The smallest absolute Gasteiger partial charge is 0.338 e. The molecule has 0 saturated heterocycles. The van der Waals surface area contributed by atoms with Gasteiger partial charge in [0.1, 0.15) is 5.75 Å². The highest BCUT2D eigenvalue weighted by Crippen LogP contribution is 2.11. The Balaban J connectivity index is 1.77. The van der Waals surface area contributed by atoms with Crippen molar-refractivity contribution in [3.05, 3.63) is 59.7 Å². The number of hydrogen-bond donors (Lipinski definition) is 2. The first-order valence-corrected chi connectivity index (χ1v) is 7.92. The molecule has 2 N–H and O–H groups in total. The summed E-state index contributed by atoms with van der Waals surface area (Å²) in [7, 11) is 1.58. The number of rotatable bonds is 7. The Kier molecular flexibility index (Phi) is 6.73. The molecule has 2 aromatic rings. The number of esters is 1. The summed E-state index contributed by atoms with van der Waals surface area (Å²) < 4.78 is 10.0. The summed E-state index contributed by atoms with van der Waals surface area (Å²) in [6.45, 7) is 1.35. The van der Waals surface area contributed by atoms with Crippen LogP contribution in [-0.2, 0) is 20.9 Å². The fourth-order valence-corrected chi connectivity index (χ4v) is 2.10. The third-order valence-electron chi connectivity index (χ3n) is 3.42. The molecule has 0 unspecified atom stereocenters. The van der Waals surface area contributed by atoms with Crippen molar-refractivity contribution in [3.63, 3.8) is 0 Å². The molecule has 0 saturated carbocycles. The molecule has 2 rings (SSSR count). The van der Waals surface area contributed by atoms with E-state index in [4.69, 9.17) is 9.47 Å². The summed E-state index contributed by atoms with van der Waals surface area (Å²) in [6.07, 6.45) is 0. The molecule has 0 radical (unpaired) electrons. The fourth-order valence-electron chi connectivity index (χ4n) is 2.10. The number of benzene rings is 2. The van der Waals surface area contributed by atoms with Crippen LogP contribution in [0.3, 0.4) is 0 Å². The van der Waals surface area contributed by atoms with Gasteiger partial charge in [-0.05, 0) is 42.0 Å². The first-order valence-electron chi connectivity index (χ1n) is 7.92. The Bertz CT molecular complexity index is 770. The first-order chi connectivity index (χ1) is 12.5. The average Bonchev–Trinajstić information content (AvgIpc) is 2.65. The van der Waals surface area contributed by atoms with E-state index in [1.807, 2.05) is 12.1 Å². The van der Waals surface area contributed by atoms with Crippen LogP contribution in [0.15, 0.2) is 48.5 Å². The van der Waals surface area contributed by atoms with Gasteiger partial charge in [-0.2, -0.15) is 0 Å². The van der Waals surface area contributed by atoms with Gasteiger partial charge in [0.25, 0.3) is 5.91 Å². The molecule has 0 atom stereocenters. The van der Waals surface area contributed by atoms with Crippen molar-refractivity contribution in [1.82, 2.24) is 5.32 Å². The molecule has 0 aromatic heterocycles. The van der Waals surface area contributed by atoms with E-state index in [2.05, 4.69) is 10.6 Å². The summed E-state index contributed by atoms with van der Waals surface area (Å²) >= 11 is 0. The molecule has 26 heavy (non-hydrogen) atoms. The van der Waals surface area contributed by atoms with Crippen molar-refractivity contribution < 1.29 is 23.9 Å². The van der Waals surface area contributed by atoms with Crippen LogP contribution in [0.2, 0.25) is 0 Å². The van der Waals surface area contributed by atoms with E-state index in [9.17, 15) is 14.4 Å². The molecule has 7 nitrogen and oxygen atoms in total. The van der Waals surface area contributed by atoms with Gasteiger partial charge in [-0.3, -0.25) is 9.59 Å². The van der Waals surface area contributed by atoms with Gasteiger partial charge in [-0.1, -0.05) is 12.1 Å². The van der Waals surface area contributed by atoms with E-state index in [-0.39, 0.29) is 12.5 Å². The molecule has 136 valence electrons. The normalized spacial score (nSPS) is 9.92. The molecule has 0 aliphatic heterocycles. The summed E-state index contributed by atoms with van der Waals surface area (Å²) in [5, 5.41) is 5.27. The predicted octanol–water partition coefficient (Wildman–Crippen LogP) is 2.13. The maximum Gasteiger partial charge on any atom is 0.338 e. The first kappa shape index (κ1) is 19.0. The fraction of sp³-hybridized carbons (Fsp3) is 0.211. The Morgan fingerprint density at radius 1 is 0.962 bits per heavy atom. The summed E-state index contributed by atoms with van der Waals surface area (Å²) in [4.78, 5) is 34.7. The van der Waals surface area contributed by atoms with Gasteiger partial charge < -0.3 is 20.1 Å². The molecule has 0 aliphatic carbocycles. The van der Waals surface area contributed by atoms with Crippen LogP contribution in [0, 0.1) is 0 Å². The Morgan fingerprint density at radius 2 is 1.62 bits per heavy atom. The molecule has 2 amide bonds. The highest BCUT2D eigenvalue weighted by molar-refractivity contribution is 5.93. The minimum atomic E-state index is -0.612. The highest BCUT2D eigenvalue weighted by Gasteiger charge is 2.10. The number of carbonyl (C=O) groups is 3. The number of nitrogens with one attached hydrogen (secondary N) is 2. The van der Waals surface area contributed by atoms with Crippen LogP contribution in [-0.4, -0.2) is 31.5 Å². The zero-order valence-corrected chi connectivity index (χ0v) is 14.6. The van der Waals surface area contributed by atoms with Crippen molar-refractivity contribution in [1.29, 1.82) is 0 Å². The molecular formula is C19H20N2O5. The van der Waals surface area contributed by atoms with Crippen LogP contribution in [0.5, 0.6) is 5.75 Å². The topological polar surface area (TPSA) is 93.7 Å². The monoisotopic (exact) mass is 356 g/mol. The molecule has 0 heterocycles. The lowest BCUT2D eigenvalue weighted by molar-refractivity contribution is -0.124. The van der Waals surface area contributed by atoms with Crippen LogP contribution in [0.1, 0.15) is 22.8 Å². The number of methoxy groups -OCH3 is 1. The van der Waals surface area contributed by atoms with Crippen LogP contribution in [0.4, 0.5) is 5.69 Å². The number of hydrogen-bond acceptors (Lipinski definition) is 5. The van der Waals surface area contributed by atoms with Crippen molar-refractivity contribution in [3.8, 4) is 5.75 Å². The van der Waals surface area contributed by atoms with Crippen molar-refractivity contribution in [2.24, 2.45) is 0 Å². The van der Waals surface area contributed by atoms with E-state index < -0.39 is 11.9 Å². The molecule has 0 fully saturated rings. The third-order valence-corrected chi connectivity index (χ3v) is 3.42. The standard InChI is InChI=1S/C19H20N2O5/c1-13(22)21-16-7-5-15(6-8-16)19(24)26-12-18(23)20-11-14-3-9-17(25-2)10-4-14/h3-10H,11-12H2,1-2H3,(H,20,23)(H,21,22). The third kappa shape index (κ3) is 5.94. The summed E-state index contributed by atoms with van der Waals surface area (Å²) in [6, 6.07) is 13.5. The zero-order chi connectivity index (χ0) is 18.9. The average molecular weight is 356 g/mol. The SMILES string of the molecule is COc1ccc(CNC(=O)COC(=O)c2ccc(NC(C)=O)cc2)cc1. The van der Waals surface area contributed by atoms with Crippen molar-refractivity contribution in [2.75, 3.05) is 19.0 Å². The molecule has 7 heteroatoms. The van der Waals surface area contributed by atoms with E-state index in [1.54, 1.807) is 31.4 Å². The van der Waals surface area contributed by atoms with E-state index >= 15 is 0 Å². The van der Waals surface area contributed by atoms with Gasteiger partial charge in [0, 0.05) is 19.2 Å². The Morgan fingerprint density at radius 3 is 2.19 bits per heavy atom. The molecule has 2 aromatic carbocycles. The van der Waals surface area contributed by atoms with Gasteiger partial charge in [0.05, 0.1) is 12.7 Å². The lowest BCUT2D eigenvalue weighted by Gasteiger charge is -2.08. The maximum atomic E-state index is 11.9. The number of ether oxygens (including phenoxy) is 2. The highest BCUT2D eigenvalue weighted by atomic mass is 16.5. The molecule has 0 bridgehead atoms. The number of carbonyl (C=O) groups excluding carboxylic acids is 3.